The second-order valence-electron chi connectivity index (χ2n) is 10.8. The summed E-state index contributed by atoms with van der Waals surface area (Å²) >= 11 is 7.37. The summed E-state index contributed by atoms with van der Waals surface area (Å²) in [7, 11) is -6.26. The van der Waals surface area contributed by atoms with E-state index in [0.717, 1.165) is 17.1 Å². The number of thiazole rings is 1. The Kier molecular flexibility index (Phi) is 9.61. The summed E-state index contributed by atoms with van der Waals surface area (Å²) in [5.74, 6) is -1.29. The van der Waals surface area contributed by atoms with E-state index in [0.29, 0.717) is 28.9 Å². The molecule has 240 valence electrons. The van der Waals surface area contributed by atoms with E-state index in [2.05, 4.69) is 19.6 Å². The second-order valence-corrected chi connectivity index (χ2v) is 15.9. The molecule has 1 atom stereocenters. The number of halogens is 2. The van der Waals surface area contributed by atoms with Crippen molar-refractivity contribution >= 4 is 78.1 Å². The number of H-pyrrole nitrogens is 1. The third-order valence-electron chi connectivity index (χ3n) is 7.71. The summed E-state index contributed by atoms with van der Waals surface area (Å²) < 4.78 is 56.4. The van der Waals surface area contributed by atoms with E-state index in [1.54, 1.807) is 24.3 Å². The van der Waals surface area contributed by atoms with Gasteiger partial charge in [-0.2, -0.15) is 4.31 Å². The predicted molar refractivity (Wildman–Crippen MR) is 173 cm³/mol. The van der Waals surface area contributed by atoms with E-state index in [4.69, 9.17) is 11.6 Å². The summed E-state index contributed by atoms with van der Waals surface area (Å²) in [6, 6.07) is 12.9. The minimum Gasteiger partial charge on any atom is -0.345 e. The highest BCUT2D eigenvalue weighted by molar-refractivity contribution is 7.90. The highest BCUT2D eigenvalue weighted by Gasteiger charge is 2.39. The largest absolute Gasteiger partial charge is 0.345 e. The zero-order valence-electron chi connectivity index (χ0n) is 24.0. The van der Waals surface area contributed by atoms with E-state index in [-0.39, 0.29) is 47.0 Å². The van der Waals surface area contributed by atoms with Crippen molar-refractivity contribution < 1.29 is 26.4 Å². The number of rotatable bonds is 7. The van der Waals surface area contributed by atoms with Crippen LogP contribution in [0.15, 0.2) is 64.5 Å². The molecule has 12 nitrogen and oxygen atoms in total. The van der Waals surface area contributed by atoms with E-state index in [9.17, 15) is 26.4 Å². The molecule has 0 radical (unpaired) electrons. The summed E-state index contributed by atoms with van der Waals surface area (Å²) in [4.78, 5) is 38.9. The number of amides is 2. The number of fused-ring (bicyclic) bond motifs is 2. The van der Waals surface area contributed by atoms with Crippen molar-refractivity contribution in [3.05, 3.63) is 75.2 Å². The summed E-state index contributed by atoms with van der Waals surface area (Å²) in [6.07, 6.45) is 0.264. The molecule has 2 aromatic heterocycles. The fraction of sp³-hybridized carbons (Fsp3) is 0.321. The Morgan fingerprint density at radius 3 is 2.58 bits per heavy atom. The van der Waals surface area contributed by atoms with Crippen LogP contribution in [-0.2, 0) is 37.8 Å². The molecule has 2 aliphatic heterocycles. The smallest absolute Gasteiger partial charge is 0.283 e. The van der Waals surface area contributed by atoms with Crippen LogP contribution in [0.2, 0.25) is 5.02 Å². The lowest BCUT2D eigenvalue weighted by molar-refractivity contribution is -0.120. The van der Waals surface area contributed by atoms with E-state index in [1.807, 2.05) is 7.05 Å². The van der Waals surface area contributed by atoms with Gasteiger partial charge in [-0.25, -0.2) is 26.5 Å². The van der Waals surface area contributed by atoms with Crippen LogP contribution in [-0.4, -0.2) is 92.0 Å². The van der Waals surface area contributed by atoms with E-state index >= 15 is 0 Å². The zero-order valence-corrected chi connectivity index (χ0v) is 28.0. The number of nitrogens with zero attached hydrogens (tertiary/aromatic N) is 4. The molecule has 6 rings (SSSR count). The fourth-order valence-corrected chi connectivity index (χ4v) is 9.27. The number of aromatic nitrogens is 2. The van der Waals surface area contributed by atoms with Crippen LogP contribution in [0, 0.1) is 0 Å². The van der Waals surface area contributed by atoms with Crippen molar-refractivity contribution in [3.8, 4) is 0 Å². The third kappa shape index (κ3) is 6.89. The highest BCUT2D eigenvalue weighted by Crippen LogP contribution is 2.29. The Morgan fingerprint density at radius 2 is 1.82 bits per heavy atom. The van der Waals surface area contributed by atoms with Crippen LogP contribution >= 0.6 is 35.3 Å². The first kappa shape index (κ1) is 33.3. The summed E-state index contributed by atoms with van der Waals surface area (Å²) in [5.41, 5.74) is 1.45. The lowest BCUT2D eigenvalue weighted by atomic mass is 10.1. The number of benzene rings is 2. The third-order valence-corrected chi connectivity index (χ3v) is 12.2. The molecule has 1 unspecified atom stereocenters. The molecule has 0 aliphatic carbocycles. The van der Waals surface area contributed by atoms with Gasteiger partial charge in [0.2, 0.25) is 5.91 Å². The van der Waals surface area contributed by atoms with Crippen LogP contribution in [0.25, 0.3) is 10.9 Å². The number of hydrogen-bond donors (Lipinski definition) is 2. The molecule has 4 heterocycles. The monoisotopic (exact) mass is 712 g/mol. The first-order valence-electron chi connectivity index (χ1n) is 13.8. The molecular weight excluding hydrogens is 683 g/mol. The normalized spacial score (nSPS) is 17.9. The highest BCUT2D eigenvalue weighted by atomic mass is 35.5. The van der Waals surface area contributed by atoms with Gasteiger partial charge in [-0.05, 0) is 43.4 Å². The van der Waals surface area contributed by atoms with Gasteiger partial charge in [0.25, 0.3) is 26.0 Å². The molecule has 0 saturated carbocycles. The van der Waals surface area contributed by atoms with Crippen LogP contribution in [0.5, 0.6) is 0 Å². The van der Waals surface area contributed by atoms with Crippen LogP contribution in [0.1, 0.15) is 26.8 Å². The van der Waals surface area contributed by atoms with Crippen molar-refractivity contribution in [3.63, 3.8) is 0 Å². The molecule has 2 amide bonds. The number of nitrogens with one attached hydrogen (secondary N) is 2. The Labute approximate surface area is 275 Å². The quantitative estimate of drug-likeness (QED) is 0.297. The Morgan fingerprint density at radius 1 is 1.07 bits per heavy atom. The maximum atomic E-state index is 13.8. The van der Waals surface area contributed by atoms with Gasteiger partial charge in [0.1, 0.15) is 5.03 Å². The number of aromatic amines is 1. The number of carbonyl (C=O) groups excluding carboxylic acids is 2. The molecule has 4 aromatic rings. The molecule has 2 N–H and O–H groups in total. The molecule has 1 saturated heterocycles. The molecule has 2 aliphatic rings. The average Bonchev–Trinajstić information content (AvgIpc) is 3.61. The molecule has 17 heteroatoms. The van der Waals surface area contributed by atoms with Crippen LogP contribution in [0.4, 0.5) is 0 Å². The summed E-state index contributed by atoms with van der Waals surface area (Å²) in [6.45, 7) is 1.22. The summed E-state index contributed by atoms with van der Waals surface area (Å²) in [5, 5.41) is 1.28. The number of sulfonamides is 2. The maximum Gasteiger partial charge on any atom is 0.283 e. The first-order valence-corrected chi connectivity index (χ1v) is 17.9. The second kappa shape index (κ2) is 13.0. The van der Waals surface area contributed by atoms with Crippen molar-refractivity contribution in [2.24, 2.45) is 0 Å². The van der Waals surface area contributed by atoms with Gasteiger partial charge in [-0.15, -0.1) is 23.7 Å². The van der Waals surface area contributed by atoms with Crippen molar-refractivity contribution in [2.75, 3.05) is 33.2 Å². The SMILES string of the molecule is CN1CCc2nc(C(=O)N3CCN(S(=O)(=O)c4cc5cc(Cl)ccc5[nH]4)CC3CC(=O)NS(=O)(=O)c3ccccc3)sc2C1.Cl. The van der Waals surface area contributed by atoms with Gasteiger partial charge < -0.3 is 14.8 Å². The van der Waals surface area contributed by atoms with E-state index in [1.165, 1.54) is 50.9 Å². The number of piperazine rings is 1. The minimum absolute atomic E-state index is 0. The molecule has 1 fully saturated rings. The Balaban J connectivity index is 0.00000400. The Hall–Kier alpha value is -3.05. The van der Waals surface area contributed by atoms with Crippen molar-refractivity contribution in [1.29, 1.82) is 0 Å². The van der Waals surface area contributed by atoms with Gasteiger partial charge >= 0.3 is 0 Å². The average molecular weight is 714 g/mol. The van der Waals surface area contributed by atoms with Gasteiger partial charge in [0.15, 0.2) is 5.01 Å². The van der Waals surface area contributed by atoms with Gasteiger partial charge in [0.05, 0.1) is 16.6 Å². The van der Waals surface area contributed by atoms with E-state index < -0.39 is 44.3 Å². The van der Waals surface area contributed by atoms with Gasteiger partial charge in [-0.3, -0.25) is 9.59 Å². The Bertz CT molecular complexity index is 1970. The predicted octanol–water partition coefficient (Wildman–Crippen LogP) is 3.10. The van der Waals surface area contributed by atoms with Crippen molar-refractivity contribution in [1.82, 2.24) is 28.8 Å². The number of hydrogen-bond acceptors (Lipinski definition) is 9. The molecule has 0 bridgehead atoms. The zero-order chi connectivity index (χ0) is 31.2. The lowest BCUT2D eigenvalue weighted by Crippen LogP contribution is -2.57. The van der Waals surface area contributed by atoms with Crippen LogP contribution < -0.4 is 4.72 Å². The fourth-order valence-electron chi connectivity index (χ4n) is 5.44. The molecule has 45 heavy (non-hydrogen) atoms. The number of likely N-dealkylation sites (N-methyl/N-ethyl adjacent to an activating group) is 1. The lowest BCUT2D eigenvalue weighted by Gasteiger charge is -2.40. The van der Waals surface area contributed by atoms with Crippen molar-refractivity contribution in [2.45, 2.75) is 35.3 Å². The van der Waals surface area contributed by atoms with Gasteiger partial charge in [0, 0.05) is 66.4 Å². The standard InChI is InChI=1S/C28H29ClN6O6S3.ClH/c1-33-10-9-23-24(17-33)42-27(31-23)28(37)35-12-11-34(44(40,41)26-14-18-13-19(29)7-8-22(18)30-26)16-20(35)15-25(36)32-43(38,39)21-5-3-2-4-6-21;/h2-8,13-14,20,30H,9-12,15-17H2,1H3,(H,32,36);1H. The van der Waals surface area contributed by atoms with Crippen LogP contribution in [0.3, 0.4) is 0 Å². The minimum atomic E-state index is -4.18. The molecular formula is C28H30Cl2N6O6S3. The first-order chi connectivity index (χ1) is 20.9. The van der Waals surface area contributed by atoms with Gasteiger partial charge in [-0.1, -0.05) is 29.8 Å². The number of carbonyl (C=O) groups is 2. The molecule has 0 spiro atoms. The maximum absolute atomic E-state index is 13.8. The topological polar surface area (TPSA) is 153 Å². The molecule has 2 aromatic carbocycles.